The predicted molar refractivity (Wildman–Crippen MR) is 45.9 cm³/mol. The molecule has 0 saturated heterocycles. The first-order chi connectivity index (χ1) is 4.52. The Kier molecular flexibility index (Phi) is 4.47. The van der Waals surface area contributed by atoms with E-state index in [0.717, 1.165) is 0 Å². The average Bonchev–Trinajstić information content (AvgIpc) is 1.80. The third-order valence-corrected chi connectivity index (χ3v) is 2.89. The maximum atomic E-state index is 10.9. The second-order valence-corrected chi connectivity index (χ2v) is 4.72. The molecule has 0 aromatic heterocycles. The lowest BCUT2D eigenvalue weighted by molar-refractivity contribution is 0.453. The van der Waals surface area contributed by atoms with Crippen molar-refractivity contribution < 1.29 is 8.42 Å². The SMILES string of the molecule is CCN(CCBr)S(C)(=O)=O. The monoisotopic (exact) mass is 229 g/mol. The maximum Gasteiger partial charge on any atom is 0.211 e. The van der Waals surface area contributed by atoms with Crippen molar-refractivity contribution in [2.24, 2.45) is 0 Å². The van der Waals surface area contributed by atoms with Crippen LogP contribution in [0.15, 0.2) is 0 Å². The molecule has 0 aliphatic rings. The number of hydrogen-bond donors (Lipinski definition) is 0. The van der Waals surface area contributed by atoms with Gasteiger partial charge >= 0.3 is 0 Å². The quantitative estimate of drug-likeness (QED) is 0.665. The molecule has 0 atom stereocenters. The van der Waals surface area contributed by atoms with E-state index < -0.39 is 10.0 Å². The van der Waals surface area contributed by atoms with Gasteiger partial charge < -0.3 is 0 Å². The standard InChI is InChI=1S/C5H12BrNO2S/c1-3-7(5-4-6)10(2,8)9/h3-5H2,1-2H3. The van der Waals surface area contributed by atoms with Crippen molar-refractivity contribution in [2.45, 2.75) is 6.92 Å². The Morgan fingerprint density at radius 2 is 2.00 bits per heavy atom. The Morgan fingerprint density at radius 1 is 1.50 bits per heavy atom. The Balaban J connectivity index is 4.08. The lowest BCUT2D eigenvalue weighted by Crippen LogP contribution is -2.31. The highest BCUT2D eigenvalue weighted by Gasteiger charge is 2.11. The van der Waals surface area contributed by atoms with Crippen LogP contribution in [0.25, 0.3) is 0 Å². The van der Waals surface area contributed by atoms with Gasteiger partial charge in [-0.05, 0) is 0 Å². The molecule has 0 bridgehead atoms. The molecule has 0 aromatic carbocycles. The van der Waals surface area contributed by atoms with Gasteiger partial charge in [0.1, 0.15) is 0 Å². The van der Waals surface area contributed by atoms with Crippen LogP contribution >= 0.6 is 15.9 Å². The molecule has 0 heterocycles. The summed E-state index contributed by atoms with van der Waals surface area (Å²) in [6.07, 6.45) is 1.22. The molecule has 0 aliphatic heterocycles. The molecule has 5 heteroatoms. The Morgan fingerprint density at radius 3 is 2.10 bits per heavy atom. The van der Waals surface area contributed by atoms with Crippen LogP contribution in [0.2, 0.25) is 0 Å². The van der Waals surface area contributed by atoms with Gasteiger partial charge in [0.2, 0.25) is 10.0 Å². The van der Waals surface area contributed by atoms with Gasteiger partial charge in [0.15, 0.2) is 0 Å². The summed E-state index contributed by atoms with van der Waals surface area (Å²) in [4.78, 5) is 0. The van der Waals surface area contributed by atoms with Crippen LogP contribution in [0.5, 0.6) is 0 Å². The number of hydrogen-bond acceptors (Lipinski definition) is 2. The van der Waals surface area contributed by atoms with Crippen LogP contribution in [0.3, 0.4) is 0 Å². The summed E-state index contributed by atoms with van der Waals surface area (Å²) < 4.78 is 23.1. The van der Waals surface area contributed by atoms with E-state index in [1.165, 1.54) is 10.6 Å². The Labute approximate surface area is 70.6 Å². The summed E-state index contributed by atoms with van der Waals surface area (Å²) in [7, 11) is -2.97. The Hall–Kier alpha value is 0.390. The van der Waals surface area contributed by atoms with E-state index in [1.807, 2.05) is 6.92 Å². The molecule has 0 aliphatic carbocycles. The van der Waals surface area contributed by atoms with Crippen molar-refractivity contribution in [1.29, 1.82) is 0 Å². The Bertz CT molecular complexity index is 178. The van der Waals surface area contributed by atoms with Crippen LogP contribution in [0.4, 0.5) is 0 Å². The summed E-state index contributed by atoms with van der Waals surface area (Å²) in [5, 5.41) is 0.688. The van der Waals surface area contributed by atoms with E-state index in [-0.39, 0.29) is 0 Å². The summed E-state index contributed by atoms with van der Waals surface area (Å²) in [5.41, 5.74) is 0. The molecule has 0 aromatic rings. The van der Waals surface area contributed by atoms with Gasteiger partial charge in [0.25, 0.3) is 0 Å². The van der Waals surface area contributed by atoms with E-state index in [2.05, 4.69) is 15.9 Å². The second-order valence-electron chi connectivity index (χ2n) is 1.94. The molecule has 0 unspecified atom stereocenters. The van der Waals surface area contributed by atoms with Crippen molar-refractivity contribution in [3.05, 3.63) is 0 Å². The fourth-order valence-electron chi connectivity index (χ4n) is 0.653. The second kappa shape index (κ2) is 4.31. The number of nitrogens with zero attached hydrogens (tertiary/aromatic N) is 1. The van der Waals surface area contributed by atoms with Gasteiger partial charge in [-0.15, -0.1) is 0 Å². The van der Waals surface area contributed by atoms with E-state index in [4.69, 9.17) is 0 Å². The van der Waals surface area contributed by atoms with Gasteiger partial charge in [0.05, 0.1) is 6.26 Å². The molecule has 0 saturated carbocycles. The molecule has 10 heavy (non-hydrogen) atoms. The first-order valence-corrected chi connectivity index (χ1v) is 6.00. The van der Waals surface area contributed by atoms with Gasteiger partial charge in [-0.2, -0.15) is 0 Å². The molecule has 62 valence electrons. The number of alkyl halides is 1. The third-order valence-electron chi connectivity index (χ3n) is 1.16. The van der Waals surface area contributed by atoms with Gasteiger partial charge in [-0.3, -0.25) is 0 Å². The molecule has 0 radical (unpaired) electrons. The van der Waals surface area contributed by atoms with Crippen LogP contribution in [-0.4, -0.2) is 37.4 Å². The smallest absolute Gasteiger partial charge is 0.211 e. The fourth-order valence-corrected chi connectivity index (χ4v) is 2.21. The highest BCUT2D eigenvalue weighted by Crippen LogP contribution is 1.97. The van der Waals surface area contributed by atoms with Gasteiger partial charge in [-0.1, -0.05) is 22.9 Å². The van der Waals surface area contributed by atoms with E-state index in [9.17, 15) is 8.42 Å². The van der Waals surface area contributed by atoms with Gasteiger partial charge in [-0.25, -0.2) is 12.7 Å². The average molecular weight is 230 g/mol. The summed E-state index contributed by atoms with van der Waals surface area (Å²) in [6.45, 7) is 2.92. The molecule has 0 fully saturated rings. The first-order valence-electron chi connectivity index (χ1n) is 3.03. The van der Waals surface area contributed by atoms with Crippen molar-refractivity contribution >= 4 is 26.0 Å². The lowest BCUT2D eigenvalue weighted by atomic mass is 10.7. The zero-order chi connectivity index (χ0) is 8.20. The molecular formula is C5H12BrNO2S. The van der Waals surface area contributed by atoms with E-state index >= 15 is 0 Å². The highest BCUT2D eigenvalue weighted by molar-refractivity contribution is 9.09. The zero-order valence-corrected chi connectivity index (χ0v) is 8.57. The molecule has 3 nitrogen and oxygen atoms in total. The number of sulfonamides is 1. The van der Waals surface area contributed by atoms with E-state index in [0.29, 0.717) is 18.4 Å². The van der Waals surface area contributed by atoms with Crippen molar-refractivity contribution in [3.8, 4) is 0 Å². The topological polar surface area (TPSA) is 37.4 Å². The van der Waals surface area contributed by atoms with Crippen LogP contribution in [0, 0.1) is 0 Å². The zero-order valence-electron chi connectivity index (χ0n) is 6.17. The predicted octanol–water partition coefficient (Wildman–Crippen LogP) is 0.663. The summed E-state index contributed by atoms with van der Waals surface area (Å²) in [6, 6.07) is 0. The lowest BCUT2D eigenvalue weighted by Gasteiger charge is -2.15. The third kappa shape index (κ3) is 3.53. The molecule has 0 rings (SSSR count). The minimum atomic E-state index is -2.97. The van der Waals surface area contributed by atoms with Crippen molar-refractivity contribution in [1.82, 2.24) is 4.31 Å². The summed E-state index contributed by atoms with van der Waals surface area (Å²) in [5.74, 6) is 0. The highest BCUT2D eigenvalue weighted by atomic mass is 79.9. The molecule has 0 amide bonds. The number of rotatable bonds is 4. The van der Waals surface area contributed by atoms with Crippen LogP contribution < -0.4 is 0 Å². The number of halogens is 1. The van der Waals surface area contributed by atoms with Gasteiger partial charge in [0, 0.05) is 18.4 Å². The fraction of sp³-hybridized carbons (Fsp3) is 1.00. The molecule has 0 spiro atoms. The normalized spacial score (nSPS) is 12.4. The summed E-state index contributed by atoms with van der Waals surface area (Å²) >= 11 is 3.18. The van der Waals surface area contributed by atoms with Crippen LogP contribution in [0.1, 0.15) is 6.92 Å². The van der Waals surface area contributed by atoms with Crippen LogP contribution in [-0.2, 0) is 10.0 Å². The minimum Gasteiger partial charge on any atom is -0.213 e. The largest absolute Gasteiger partial charge is 0.213 e. The van der Waals surface area contributed by atoms with Crippen molar-refractivity contribution in [2.75, 3.05) is 24.7 Å². The minimum absolute atomic E-state index is 0.546. The first kappa shape index (κ1) is 10.4. The maximum absolute atomic E-state index is 10.9. The van der Waals surface area contributed by atoms with Crippen molar-refractivity contribution in [3.63, 3.8) is 0 Å². The molecular weight excluding hydrogens is 218 g/mol. The van der Waals surface area contributed by atoms with E-state index in [1.54, 1.807) is 0 Å². The molecule has 0 N–H and O–H groups in total.